The first-order valence-corrected chi connectivity index (χ1v) is 11.7. The van der Waals surface area contributed by atoms with Crippen LogP contribution in [0.1, 0.15) is 10.4 Å². The van der Waals surface area contributed by atoms with Crippen LogP contribution in [-0.2, 0) is 32.5 Å². The van der Waals surface area contributed by atoms with Crippen molar-refractivity contribution in [3.8, 4) is 0 Å². The van der Waals surface area contributed by atoms with E-state index in [2.05, 4.69) is 5.32 Å². The lowest BCUT2D eigenvalue weighted by Crippen LogP contribution is -2.40. The number of nitrogens with one attached hydrogen (secondary N) is 1. The van der Waals surface area contributed by atoms with E-state index in [1.54, 1.807) is 12.1 Å². The molecule has 3 aromatic rings. The van der Waals surface area contributed by atoms with Gasteiger partial charge in [-0.1, -0.05) is 42.5 Å². The van der Waals surface area contributed by atoms with E-state index in [1.165, 1.54) is 15.6 Å². The molecule has 1 N–H and O–H groups in total. The number of amides is 1. The normalized spacial score (nSPS) is 15.4. The summed E-state index contributed by atoms with van der Waals surface area (Å²) in [5.74, 6) is -0.0914. The first-order chi connectivity index (χ1) is 14.0. The Morgan fingerprint density at radius 1 is 1.03 bits per heavy atom. The number of fused-ring (bicyclic) bond motifs is 1. The van der Waals surface area contributed by atoms with Crippen LogP contribution in [0.4, 0.5) is 0 Å². The summed E-state index contributed by atoms with van der Waals surface area (Å²) in [5, 5.41) is 5.13. The maximum atomic E-state index is 12.7. The van der Waals surface area contributed by atoms with Crippen LogP contribution in [0, 0.1) is 0 Å². The van der Waals surface area contributed by atoms with E-state index in [0.717, 1.165) is 21.2 Å². The van der Waals surface area contributed by atoms with Crippen LogP contribution < -0.4 is 5.32 Å². The third kappa shape index (κ3) is 4.67. The number of ether oxygens (including phenoxy) is 1. The Labute approximate surface area is 174 Å². The van der Waals surface area contributed by atoms with Gasteiger partial charge in [-0.3, -0.25) is 4.79 Å². The number of carbonyl (C=O) groups is 1. The van der Waals surface area contributed by atoms with Gasteiger partial charge in [-0.2, -0.15) is 4.31 Å². The second kappa shape index (κ2) is 8.62. The van der Waals surface area contributed by atoms with Gasteiger partial charge in [0.1, 0.15) is 4.21 Å². The Bertz CT molecular complexity index is 1120. The quantitative estimate of drug-likeness (QED) is 0.653. The second-order valence-electron chi connectivity index (χ2n) is 6.87. The molecule has 1 aliphatic rings. The summed E-state index contributed by atoms with van der Waals surface area (Å²) in [6.07, 6.45) is 0.287. The minimum atomic E-state index is -3.49. The fraction of sp³-hybridized carbons (Fsp3) is 0.286. The van der Waals surface area contributed by atoms with Crippen molar-refractivity contribution in [2.75, 3.05) is 26.3 Å². The van der Waals surface area contributed by atoms with E-state index < -0.39 is 10.0 Å². The SMILES string of the molecule is O=C(Cc1ccc2ccccc2c1)NCc1ccc(S(=O)(=O)N2CCOCC2)s1. The van der Waals surface area contributed by atoms with Gasteiger partial charge < -0.3 is 10.1 Å². The molecule has 0 bridgehead atoms. The Hall–Kier alpha value is -2.26. The number of morpholine rings is 1. The standard InChI is InChI=1S/C21H22N2O4S2/c24-20(14-16-5-6-17-3-1-2-4-18(17)13-16)22-15-19-7-8-21(28-19)29(25,26)23-9-11-27-12-10-23/h1-8,13H,9-12,14-15H2,(H,22,24). The minimum absolute atomic E-state index is 0.0914. The summed E-state index contributed by atoms with van der Waals surface area (Å²) in [5.41, 5.74) is 0.947. The van der Waals surface area contributed by atoms with E-state index in [0.29, 0.717) is 37.1 Å². The van der Waals surface area contributed by atoms with Crippen LogP contribution in [-0.4, -0.2) is 44.9 Å². The van der Waals surface area contributed by atoms with Gasteiger partial charge in [0.05, 0.1) is 26.2 Å². The van der Waals surface area contributed by atoms with Crippen molar-refractivity contribution in [1.82, 2.24) is 9.62 Å². The Balaban J connectivity index is 1.35. The van der Waals surface area contributed by atoms with E-state index in [-0.39, 0.29) is 12.3 Å². The molecule has 0 radical (unpaired) electrons. The highest BCUT2D eigenvalue weighted by Gasteiger charge is 2.27. The van der Waals surface area contributed by atoms with Crippen LogP contribution in [0.5, 0.6) is 0 Å². The van der Waals surface area contributed by atoms with Crippen molar-refractivity contribution in [3.05, 3.63) is 65.0 Å². The highest BCUT2D eigenvalue weighted by molar-refractivity contribution is 7.91. The van der Waals surface area contributed by atoms with E-state index in [4.69, 9.17) is 4.74 Å². The fourth-order valence-corrected chi connectivity index (χ4v) is 6.15. The van der Waals surface area contributed by atoms with Gasteiger partial charge in [0.25, 0.3) is 10.0 Å². The molecule has 1 fully saturated rings. The lowest BCUT2D eigenvalue weighted by atomic mass is 10.0. The Morgan fingerprint density at radius 2 is 1.79 bits per heavy atom. The number of rotatable bonds is 6. The van der Waals surface area contributed by atoms with Gasteiger partial charge in [-0.15, -0.1) is 11.3 Å². The summed E-state index contributed by atoms with van der Waals surface area (Å²) < 4.78 is 32.3. The molecule has 0 spiro atoms. The largest absolute Gasteiger partial charge is 0.379 e. The molecule has 6 nitrogen and oxygen atoms in total. The first-order valence-electron chi connectivity index (χ1n) is 9.43. The zero-order valence-corrected chi connectivity index (χ0v) is 17.5. The molecule has 1 aliphatic heterocycles. The molecule has 2 heterocycles. The third-order valence-corrected chi connectivity index (χ3v) is 8.29. The first kappa shape index (κ1) is 20.0. The number of hydrogen-bond acceptors (Lipinski definition) is 5. The van der Waals surface area contributed by atoms with Crippen LogP contribution >= 0.6 is 11.3 Å². The predicted molar refractivity (Wildman–Crippen MR) is 113 cm³/mol. The highest BCUT2D eigenvalue weighted by Crippen LogP contribution is 2.25. The molecule has 2 aromatic carbocycles. The maximum absolute atomic E-state index is 12.7. The summed E-state index contributed by atoms with van der Waals surface area (Å²) in [6.45, 7) is 1.90. The average molecular weight is 431 g/mol. The molecule has 0 atom stereocenters. The van der Waals surface area contributed by atoms with Crippen molar-refractivity contribution in [3.63, 3.8) is 0 Å². The molecule has 152 valence electrons. The van der Waals surface area contributed by atoms with Crippen molar-refractivity contribution in [2.45, 2.75) is 17.2 Å². The lowest BCUT2D eigenvalue weighted by Gasteiger charge is -2.25. The topological polar surface area (TPSA) is 75.7 Å². The van der Waals surface area contributed by atoms with Crippen molar-refractivity contribution in [1.29, 1.82) is 0 Å². The number of thiophene rings is 1. The molecule has 0 saturated carbocycles. The lowest BCUT2D eigenvalue weighted by molar-refractivity contribution is -0.120. The van der Waals surface area contributed by atoms with Crippen LogP contribution in [0.2, 0.25) is 0 Å². The minimum Gasteiger partial charge on any atom is -0.379 e. The van der Waals surface area contributed by atoms with E-state index in [1.807, 2.05) is 42.5 Å². The maximum Gasteiger partial charge on any atom is 0.252 e. The number of hydrogen-bond donors (Lipinski definition) is 1. The molecular weight excluding hydrogens is 408 g/mol. The van der Waals surface area contributed by atoms with Gasteiger partial charge in [0.15, 0.2) is 0 Å². The molecule has 1 saturated heterocycles. The molecule has 1 aromatic heterocycles. The third-order valence-electron chi connectivity index (χ3n) is 4.84. The molecule has 0 aliphatic carbocycles. The molecular formula is C21H22N2O4S2. The fourth-order valence-electron chi connectivity index (χ4n) is 3.29. The summed E-state index contributed by atoms with van der Waals surface area (Å²) >= 11 is 1.20. The van der Waals surface area contributed by atoms with Gasteiger partial charge in [-0.25, -0.2) is 8.42 Å². The van der Waals surface area contributed by atoms with Crippen molar-refractivity contribution >= 4 is 38.0 Å². The predicted octanol–water partition coefficient (Wildman–Crippen LogP) is 2.78. The summed E-state index contributed by atoms with van der Waals surface area (Å²) in [7, 11) is -3.49. The van der Waals surface area contributed by atoms with Crippen LogP contribution in [0.3, 0.4) is 0 Å². The number of nitrogens with zero attached hydrogens (tertiary/aromatic N) is 1. The van der Waals surface area contributed by atoms with Crippen molar-refractivity contribution < 1.29 is 17.9 Å². The van der Waals surface area contributed by atoms with Gasteiger partial charge in [-0.05, 0) is 28.5 Å². The monoisotopic (exact) mass is 430 g/mol. The molecule has 8 heteroatoms. The highest BCUT2D eigenvalue weighted by atomic mass is 32.2. The smallest absolute Gasteiger partial charge is 0.252 e. The van der Waals surface area contributed by atoms with Gasteiger partial charge in [0.2, 0.25) is 5.91 Å². The zero-order chi connectivity index (χ0) is 20.3. The molecule has 29 heavy (non-hydrogen) atoms. The number of carbonyl (C=O) groups excluding carboxylic acids is 1. The van der Waals surface area contributed by atoms with Gasteiger partial charge in [0, 0.05) is 18.0 Å². The average Bonchev–Trinajstić information content (AvgIpc) is 3.23. The van der Waals surface area contributed by atoms with Crippen molar-refractivity contribution in [2.24, 2.45) is 0 Å². The zero-order valence-electron chi connectivity index (χ0n) is 15.8. The van der Waals surface area contributed by atoms with Crippen LogP contribution in [0.25, 0.3) is 10.8 Å². The van der Waals surface area contributed by atoms with Crippen LogP contribution in [0.15, 0.2) is 58.8 Å². The molecule has 4 rings (SSSR count). The summed E-state index contributed by atoms with van der Waals surface area (Å²) in [6, 6.07) is 17.4. The number of benzene rings is 2. The second-order valence-corrected chi connectivity index (χ2v) is 10.2. The molecule has 1 amide bonds. The van der Waals surface area contributed by atoms with E-state index in [9.17, 15) is 13.2 Å². The Morgan fingerprint density at radius 3 is 2.59 bits per heavy atom. The van der Waals surface area contributed by atoms with E-state index >= 15 is 0 Å². The van der Waals surface area contributed by atoms with Gasteiger partial charge >= 0.3 is 0 Å². The number of sulfonamides is 1. The molecule has 0 unspecified atom stereocenters. The Kier molecular flexibility index (Phi) is 5.96. The summed E-state index contributed by atoms with van der Waals surface area (Å²) in [4.78, 5) is 13.1.